The van der Waals surface area contributed by atoms with Crippen LogP contribution in [0.3, 0.4) is 0 Å². The van der Waals surface area contributed by atoms with Crippen molar-refractivity contribution in [2.45, 2.75) is 20.0 Å². The van der Waals surface area contributed by atoms with Gasteiger partial charge in [-0.05, 0) is 32.0 Å². The van der Waals surface area contributed by atoms with Crippen LogP contribution in [0.5, 0.6) is 0 Å². The van der Waals surface area contributed by atoms with Crippen molar-refractivity contribution in [3.05, 3.63) is 65.0 Å². The Morgan fingerprint density at radius 1 is 1.03 bits per heavy atom. The van der Waals surface area contributed by atoms with E-state index in [1.165, 1.54) is 12.1 Å². The summed E-state index contributed by atoms with van der Waals surface area (Å²) in [5.41, 5.74) is -0.179. The number of benzene rings is 2. The van der Waals surface area contributed by atoms with Gasteiger partial charge >= 0.3 is 18.1 Å². The summed E-state index contributed by atoms with van der Waals surface area (Å²) in [4.78, 5) is 46.0. The Kier molecular flexibility index (Phi) is 9.12. The van der Waals surface area contributed by atoms with Crippen molar-refractivity contribution in [3.63, 3.8) is 0 Å². The third-order valence-electron chi connectivity index (χ3n) is 4.73. The Balaban J connectivity index is 1.96. The molecule has 37 heavy (non-hydrogen) atoms. The van der Waals surface area contributed by atoms with Crippen LogP contribution < -0.4 is 5.32 Å². The monoisotopic (exact) mass is 533 g/mol. The first kappa shape index (κ1) is 27.5. The number of carbonyl (C=O) groups excluding carboxylic acids is 3. The van der Waals surface area contributed by atoms with Gasteiger partial charge in [0.25, 0.3) is 5.91 Å². The minimum Gasteiger partial charge on any atom is -0.465 e. The number of halogens is 3. The molecule has 0 fully saturated rings. The van der Waals surface area contributed by atoms with Gasteiger partial charge in [0, 0.05) is 17.5 Å². The second kappa shape index (κ2) is 12.3. The predicted molar refractivity (Wildman–Crippen MR) is 132 cm³/mol. The lowest BCUT2D eigenvalue weighted by Crippen LogP contribution is -2.29. The topological polar surface area (TPSA) is 107 Å². The zero-order valence-corrected chi connectivity index (χ0v) is 20.6. The van der Waals surface area contributed by atoms with Gasteiger partial charge in [0.2, 0.25) is 5.13 Å². The van der Waals surface area contributed by atoms with E-state index in [2.05, 4.69) is 15.3 Å². The number of nitrogens with zero attached hydrogens (tertiary/aromatic N) is 2. The van der Waals surface area contributed by atoms with E-state index in [4.69, 9.17) is 9.47 Å². The summed E-state index contributed by atoms with van der Waals surface area (Å²) >= 11 is 0.836. The van der Waals surface area contributed by atoms with Gasteiger partial charge in [-0.15, -0.1) is 0 Å². The molecule has 8 nitrogen and oxygen atoms in total. The van der Waals surface area contributed by atoms with E-state index in [1.54, 1.807) is 44.2 Å². The number of ether oxygens (including phenoxy) is 2. The molecule has 0 aliphatic heterocycles. The Bertz CT molecular complexity index is 1270. The van der Waals surface area contributed by atoms with Crippen LogP contribution in [0.25, 0.3) is 11.3 Å². The van der Waals surface area contributed by atoms with Gasteiger partial charge in [0.15, 0.2) is 5.92 Å². The minimum atomic E-state index is -4.57. The van der Waals surface area contributed by atoms with Crippen LogP contribution in [0.1, 0.15) is 29.1 Å². The molecule has 194 valence electrons. The van der Waals surface area contributed by atoms with Gasteiger partial charge in [0.05, 0.1) is 24.5 Å². The van der Waals surface area contributed by atoms with Crippen molar-refractivity contribution in [1.82, 2.24) is 4.98 Å². The smallest absolute Gasteiger partial charge is 0.416 e. The van der Waals surface area contributed by atoms with Gasteiger partial charge in [-0.3, -0.25) is 14.4 Å². The van der Waals surface area contributed by atoms with E-state index in [0.29, 0.717) is 5.56 Å². The van der Waals surface area contributed by atoms with Crippen molar-refractivity contribution in [3.8, 4) is 11.3 Å². The Morgan fingerprint density at radius 2 is 1.68 bits per heavy atom. The number of nitrogens with one attached hydrogen (secondary N) is 1. The molecule has 3 aromatic rings. The van der Waals surface area contributed by atoms with E-state index >= 15 is 0 Å². The maximum absolute atomic E-state index is 13.1. The summed E-state index contributed by atoms with van der Waals surface area (Å²) in [7, 11) is 0. The number of amides is 1. The Morgan fingerprint density at radius 3 is 2.27 bits per heavy atom. The third-order valence-corrected chi connectivity index (χ3v) is 5.69. The van der Waals surface area contributed by atoms with Gasteiger partial charge in [0.1, 0.15) is 4.88 Å². The average Bonchev–Trinajstić information content (AvgIpc) is 3.29. The predicted octanol–water partition coefficient (Wildman–Crippen LogP) is 5.53. The molecule has 1 heterocycles. The van der Waals surface area contributed by atoms with E-state index in [0.717, 1.165) is 29.7 Å². The molecule has 1 N–H and O–H groups in total. The zero-order valence-electron chi connectivity index (χ0n) is 19.7. The number of thiazole rings is 1. The molecule has 0 aliphatic rings. The first-order chi connectivity index (χ1) is 17.6. The van der Waals surface area contributed by atoms with Crippen molar-refractivity contribution in [2.24, 2.45) is 10.9 Å². The number of aliphatic imine (C=N–C) groups is 1. The summed E-state index contributed by atoms with van der Waals surface area (Å²) in [5, 5.41) is 2.49. The summed E-state index contributed by atoms with van der Waals surface area (Å²) < 4.78 is 49.0. The average molecular weight is 534 g/mol. The number of carbonyl (C=O) groups is 3. The minimum absolute atomic E-state index is 0.0339. The lowest BCUT2D eigenvalue weighted by atomic mass is 10.1. The number of anilines is 1. The second-order valence-electron chi connectivity index (χ2n) is 7.33. The van der Waals surface area contributed by atoms with Gasteiger partial charge < -0.3 is 14.8 Å². The maximum atomic E-state index is 13.1. The highest BCUT2D eigenvalue weighted by atomic mass is 32.1. The number of rotatable bonds is 9. The molecule has 0 unspecified atom stereocenters. The number of aromatic nitrogens is 1. The molecular formula is C25H22F3N3O5S. The summed E-state index contributed by atoms with van der Waals surface area (Å²) in [5.74, 6) is -3.85. The number of alkyl halides is 3. The number of hydrogen-bond donors (Lipinski definition) is 1. The summed E-state index contributed by atoms with van der Waals surface area (Å²) in [6.07, 6.45) is -3.55. The van der Waals surface area contributed by atoms with Gasteiger partial charge in [-0.25, -0.2) is 9.98 Å². The highest BCUT2D eigenvalue weighted by molar-refractivity contribution is 7.17. The Labute approximate surface area is 214 Å². The van der Waals surface area contributed by atoms with Gasteiger partial charge in [-0.1, -0.05) is 47.7 Å². The number of hydrogen-bond acceptors (Lipinski definition) is 8. The molecule has 0 atom stereocenters. The normalized spacial score (nSPS) is 11.5. The maximum Gasteiger partial charge on any atom is 0.416 e. The molecule has 1 aromatic heterocycles. The standard InChI is InChI=1S/C25H22F3N3O5S/c1-3-35-22(33)18(23(34)36-4-2)14-29-24-31-19(15-9-6-5-7-10-15)20(37-24)21(32)30-17-12-8-11-16(13-17)25(26,27)28/h5-14,18H,3-4H2,1-2H3,(H,30,32)/b29-14+. The first-order valence-corrected chi connectivity index (χ1v) is 11.9. The fraction of sp³-hybridized carbons (Fsp3) is 0.240. The van der Waals surface area contributed by atoms with Crippen LogP contribution in [0.15, 0.2) is 59.6 Å². The molecule has 0 aliphatic carbocycles. The lowest BCUT2D eigenvalue weighted by Gasteiger charge is -2.10. The molecule has 0 bridgehead atoms. The van der Waals surface area contributed by atoms with E-state index in [1.807, 2.05) is 0 Å². The van der Waals surface area contributed by atoms with Crippen LogP contribution >= 0.6 is 11.3 Å². The first-order valence-electron chi connectivity index (χ1n) is 11.1. The van der Waals surface area contributed by atoms with E-state index < -0.39 is 35.5 Å². The lowest BCUT2D eigenvalue weighted by molar-refractivity contribution is -0.157. The van der Waals surface area contributed by atoms with Crippen LogP contribution in [0.4, 0.5) is 24.0 Å². The Hall–Kier alpha value is -4.06. The highest BCUT2D eigenvalue weighted by Crippen LogP contribution is 2.34. The van der Waals surface area contributed by atoms with Crippen LogP contribution in [-0.4, -0.2) is 42.3 Å². The van der Waals surface area contributed by atoms with Crippen LogP contribution in [0.2, 0.25) is 0 Å². The molecule has 3 rings (SSSR count). The molecule has 0 spiro atoms. The van der Waals surface area contributed by atoms with Crippen LogP contribution in [-0.2, 0) is 25.2 Å². The van der Waals surface area contributed by atoms with Crippen molar-refractivity contribution < 1.29 is 37.0 Å². The largest absolute Gasteiger partial charge is 0.465 e. The number of esters is 2. The van der Waals surface area contributed by atoms with Crippen LogP contribution in [0, 0.1) is 5.92 Å². The molecule has 0 saturated heterocycles. The quantitative estimate of drug-likeness (QED) is 0.220. The molecular weight excluding hydrogens is 511 g/mol. The zero-order chi connectivity index (χ0) is 27.0. The second-order valence-corrected chi connectivity index (χ2v) is 8.31. The fourth-order valence-corrected chi connectivity index (χ4v) is 3.93. The van der Waals surface area contributed by atoms with Crippen molar-refractivity contribution in [2.75, 3.05) is 18.5 Å². The molecule has 0 saturated carbocycles. The van der Waals surface area contributed by atoms with Gasteiger partial charge in [-0.2, -0.15) is 13.2 Å². The fourth-order valence-electron chi connectivity index (χ4n) is 3.09. The molecule has 2 aromatic carbocycles. The van der Waals surface area contributed by atoms with Crippen molar-refractivity contribution in [1.29, 1.82) is 0 Å². The highest BCUT2D eigenvalue weighted by Gasteiger charge is 2.31. The van der Waals surface area contributed by atoms with Crippen molar-refractivity contribution >= 4 is 46.2 Å². The van der Waals surface area contributed by atoms with E-state index in [-0.39, 0.29) is 34.6 Å². The molecule has 0 radical (unpaired) electrons. The van der Waals surface area contributed by atoms with E-state index in [9.17, 15) is 27.6 Å². The summed E-state index contributed by atoms with van der Waals surface area (Å²) in [6.45, 7) is 3.24. The summed E-state index contributed by atoms with van der Waals surface area (Å²) in [6, 6.07) is 12.8. The molecule has 12 heteroatoms. The SMILES string of the molecule is CCOC(=O)C(/C=N/c1nc(-c2ccccc2)c(C(=O)Nc2cccc(C(F)(F)F)c2)s1)C(=O)OCC. The third kappa shape index (κ3) is 7.23. The molecule has 1 amide bonds.